The third-order valence-electron chi connectivity index (χ3n) is 2.78. The van der Waals surface area contributed by atoms with E-state index in [1.54, 1.807) is 11.8 Å². The first-order chi connectivity index (χ1) is 8.31. The fourth-order valence-corrected chi connectivity index (χ4v) is 2.60. The quantitative estimate of drug-likeness (QED) is 0.639. The van der Waals surface area contributed by atoms with Crippen LogP contribution in [0.4, 0.5) is 5.69 Å². The summed E-state index contributed by atoms with van der Waals surface area (Å²) in [5.74, 6) is 0. The van der Waals surface area contributed by atoms with E-state index in [4.69, 9.17) is 12.2 Å². The van der Waals surface area contributed by atoms with E-state index in [1.165, 1.54) is 17.7 Å². The molecular formula is C13H16N2S2. The maximum absolute atomic E-state index is 5.36. The van der Waals surface area contributed by atoms with Crippen LogP contribution in [0.5, 0.6) is 0 Å². The molecule has 0 bridgehead atoms. The Morgan fingerprint density at radius 3 is 2.65 bits per heavy atom. The molecule has 0 spiro atoms. The molecule has 2 N–H and O–H groups in total. The summed E-state index contributed by atoms with van der Waals surface area (Å²) in [5.41, 5.74) is 10.1. The number of allylic oxidation sites excluding steroid dienone is 1. The number of rotatable bonds is 4. The SMILES string of the molecule is CSC(=S)C1=C(NNc2ccccc2)CCC1. The number of thioether (sulfide) groups is 1. The Morgan fingerprint density at radius 1 is 1.18 bits per heavy atom. The van der Waals surface area contributed by atoms with Crippen molar-refractivity contribution in [2.45, 2.75) is 19.3 Å². The molecule has 2 rings (SSSR count). The first kappa shape index (κ1) is 12.5. The third kappa shape index (κ3) is 3.23. The molecule has 0 heterocycles. The van der Waals surface area contributed by atoms with Crippen molar-refractivity contribution in [2.24, 2.45) is 0 Å². The lowest BCUT2D eigenvalue weighted by Crippen LogP contribution is -2.21. The summed E-state index contributed by atoms with van der Waals surface area (Å²) in [4.78, 5) is 0. The summed E-state index contributed by atoms with van der Waals surface area (Å²) in [6.45, 7) is 0. The standard InChI is InChI=1S/C13H16N2S2/c1-17-13(16)11-8-5-9-12(11)15-14-10-6-3-2-4-7-10/h2-4,6-7,14-15H,5,8-9H2,1H3. The van der Waals surface area contributed by atoms with E-state index < -0.39 is 0 Å². The molecule has 0 fully saturated rings. The second kappa shape index (κ2) is 6.07. The average molecular weight is 264 g/mol. The van der Waals surface area contributed by atoms with Crippen molar-refractivity contribution >= 4 is 33.9 Å². The molecule has 2 nitrogen and oxygen atoms in total. The highest BCUT2D eigenvalue weighted by molar-refractivity contribution is 8.23. The summed E-state index contributed by atoms with van der Waals surface area (Å²) in [6, 6.07) is 10.1. The number of hydrazine groups is 1. The fourth-order valence-electron chi connectivity index (χ4n) is 1.90. The van der Waals surface area contributed by atoms with Gasteiger partial charge in [-0.15, -0.1) is 11.8 Å². The van der Waals surface area contributed by atoms with Crippen LogP contribution in [0.25, 0.3) is 0 Å². The number of hydrogen-bond acceptors (Lipinski definition) is 4. The second-order valence-corrected chi connectivity index (χ2v) is 5.40. The average Bonchev–Trinajstić information content (AvgIpc) is 2.85. The fraction of sp³-hybridized carbons (Fsp3) is 0.308. The van der Waals surface area contributed by atoms with Gasteiger partial charge in [0.05, 0.1) is 9.88 Å². The van der Waals surface area contributed by atoms with Crippen molar-refractivity contribution in [3.8, 4) is 0 Å². The minimum atomic E-state index is 1.01. The lowest BCUT2D eigenvalue weighted by atomic mass is 10.2. The van der Waals surface area contributed by atoms with Gasteiger partial charge in [0.1, 0.15) is 0 Å². The Bertz CT molecular complexity index is 426. The number of thiocarbonyl (C=S) groups is 1. The summed E-state index contributed by atoms with van der Waals surface area (Å²) < 4.78 is 1.01. The second-order valence-electron chi connectivity index (χ2n) is 3.92. The maximum atomic E-state index is 5.36. The molecule has 0 amide bonds. The molecule has 0 aromatic heterocycles. The van der Waals surface area contributed by atoms with Crippen LogP contribution in [0.15, 0.2) is 41.6 Å². The van der Waals surface area contributed by atoms with Gasteiger partial charge >= 0.3 is 0 Å². The van der Waals surface area contributed by atoms with E-state index in [0.29, 0.717) is 0 Å². The highest BCUT2D eigenvalue weighted by Crippen LogP contribution is 2.28. The van der Waals surface area contributed by atoms with Gasteiger partial charge in [-0.2, -0.15) is 0 Å². The minimum absolute atomic E-state index is 1.01. The van der Waals surface area contributed by atoms with E-state index in [2.05, 4.69) is 10.9 Å². The predicted octanol–water partition coefficient (Wildman–Crippen LogP) is 3.73. The van der Waals surface area contributed by atoms with Crippen molar-refractivity contribution < 1.29 is 0 Å². The molecule has 0 radical (unpaired) electrons. The summed E-state index contributed by atoms with van der Waals surface area (Å²) in [6.07, 6.45) is 5.40. The van der Waals surface area contributed by atoms with Crippen LogP contribution in [0.2, 0.25) is 0 Å². The topological polar surface area (TPSA) is 24.1 Å². The molecule has 90 valence electrons. The van der Waals surface area contributed by atoms with Crippen LogP contribution in [0.1, 0.15) is 19.3 Å². The highest BCUT2D eigenvalue weighted by atomic mass is 32.2. The zero-order chi connectivity index (χ0) is 12.1. The van der Waals surface area contributed by atoms with Gasteiger partial charge < -0.3 is 10.9 Å². The normalized spacial score (nSPS) is 14.9. The molecule has 1 aromatic carbocycles. The molecule has 17 heavy (non-hydrogen) atoms. The Labute approximate surface area is 112 Å². The van der Waals surface area contributed by atoms with Gasteiger partial charge in [-0.3, -0.25) is 0 Å². The smallest absolute Gasteiger partial charge is 0.0753 e. The van der Waals surface area contributed by atoms with E-state index in [9.17, 15) is 0 Å². The Balaban J connectivity index is 2.01. The van der Waals surface area contributed by atoms with Crippen LogP contribution in [0.3, 0.4) is 0 Å². The van der Waals surface area contributed by atoms with Crippen molar-refractivity contribution in [2.75, 3.05) is 11.7 Å². The zero-order valence-corrected chi connectivity index (χ0v) is 11.5. The summed E-state index contributed by atoms with van der Waals surface area (Å²) >= 11 is 7.01. The molecule has 0 atom stereocenters. The molecule has 0 unspecified atom stereocenters. The molecule has 0 saturated carbocycles. The molecule has 1 aliphatic rings. The lowest BCUT2D eigenvalue weighted by molar-refractivity contribution is 0.839. The molecule has 4 heteroatoms. The Morgan fingerprint density at radius 2 is 1.94 bits per heavy atom. The van der Waals surface area contributed by atoms with Gasteiger partial charge in [-0.25, -0.2) is 0 Å². The van der Waals surface area contributed by atoms with Crippen molar-refractivity contribution in [1.82, 2.24) is 5.43 Å². The van der Waals surface area contributed by atoms with Gasteiger partial charge in [0.15, 0.2) is 0 Å². The van der Waals surface area contributed by atoms with Crippen molar-refractivity contribution in [3.05, 3.63) is 41.6 Å². The third-order valence-corrected chi connectivity index (χ3v) is 4.14. The predicted molar refractivity (Wildman–Crippen MR) is 80.2 cm³/mol. The first-order valence-corrected chi connectivity index (χ1v) is 7.32. The maximum Gasteiger partial charge on any atom is 0.0753 e. The van der Waals surface area contributed by atoms with E-state index in [1.807, 2.05) is 36.6 Å². The van der Waals surface area contributed by atoms with Gasteiger partial charge in [-0.05, 0) is 43.2 Å². The van der Waals surface area contributed by atoms with E-state index in [-0.39, 0.29) is 0 Å². The van der Waals surface area contributed by atoms with Crippen LogP contribution < -0.4 is 10.9 Å². The highest BCUT2D eigenvalue weighted by Gasteiger charge is 2.17. The number of hydrogen-bond donors (Lipinski definition) is 2. The van der Waals surface area contributed by atoms with Crippen molar-refractivity contribution in [3.63, 3.8) is 0 Å². The Hall–Kier alpha value is -1.00. The van der Waals surface area contributed by atoms with Crippen LogP contribution in [0, 0.1) is 0 Å². The molecule has 1 aliphatic carbocycles. The van der Waals surface area contributed by atoms with E-state index in [0.717, 1.165) is 22.7 Å². The van der Waals surface area contributed by atoms with Gasteiger partial charge in [0.2, 0.25) is 0 Å². The van der Waals surface area contributed by atoms with Crippen LogP contribution in [-0.4, -0.2) is 10.5 Å². The minimum Gasteiger partial charge on any atom is -0.305 e. The summed E-state index contributed by atoms with van der Waals surface area (Å²) in [5, 5.41) is 0. The first-order valence-electron chi connectivity index (χ1n) is 5.68. The Kier molecular flexibility index (Phi) is 4.45. The van der Waals surface area contributed by atoms with E-state index >= 15 is 0 Å². The molecule has 0 aliphatic heterocycles. The van der Waals surface area contributed by atoms with Crippen LogP contribution in [-0.2, 0) is 0 Å². The largest absolute Gasteiger partial charge is 0.305 e. The number of nitrogens with one attached hydrogen (secondary N) is 2. The number of para-hydroxylation sites is 1. The molecular weight excluding hydrogens is 248 g/mol. The van der Waals surface area contributed by atoms with Gasteiger partial charge in [0.25, 0.3) is 0 Å². The van der Waals surface area contributed by atoms with Gasteiger partial charge in [-0.1, -0.05) is 30.4 Å². The molecule has 0 saturated heterocycles. The van der Waals surface area contributed by atoms with Crippen molar-refractivity contribution in [1.29, 1.82) is 0 Å². The monoisotopic (exact) mass is 264 g/mol. The number of anilines is 1. The molecule has 1 aromatic rings. The zero-order valence-electron chi connectivity index (χ0n) is 9.82. The number of benzene rings is 1. The summed E-state index contributed by atoms with van der Waals surface area (Å²) in [7, 11) is 0. The van der Waals surface area contributed by atoms with Gasteiger partial charge in [0, 0.05) is 5.70 Å². The lowest BCUT2D eigenvalue weighted by Gasteiger charge is -2.12. The van der Waals surface area contributed by atoms with Crippen LogP contribution >= 0.6 is 24.0 Å².